The van der Waals surface area contributed by atoms with Crippen LogP contribution < -0.4 is 10.2 Å². The van der Waals surface area contributed by atoms with Crippen molar-refractivity contribution in [3.05, 3.63) is 47.8 Å². The number of anilines is 2. The highest BCUT2D eigenvalue weighted by Crippen LogP contribution is 2.35. The fourth-order valence-corrected chi connectivity index (χ4v) is 5.91. The molecule has 1 saturated heterocycles. The van der Waals surface area contributed by atoms with Gasteiger partial charge in [0.05, 0.1) is 15.9 Å². The zero-order valence-corrected chi connectivity index (χ0v) is 17.4. The van der Waals surface area contributed by atoms with Gasteiger partial charge < -0.3 is 4.90 Å². The Labute approximate surface area is 176 Å². The average molecular weight is 445 g/mol. The van der Waals surface area contributed by atoms with Crippen LogP contribution in [0, 0.1) is 5.82 Å². The van der Waals surface area contributed by atoms with E-state index in [1.54, 1.807) is 18.2 Å². The number of carbonyl (C=O) groups excluding carboxylic acids is 1. The highest BCUT2D eigenvalue weighted by molar-refractivity contribution is 7.90. The molecule has 1 fully saturated rings. The van der Waals surface area contributed by atoms with E-state index < -0.39 is 15.9 Å². The molecule has 3 heterocycles. The van der Waals surface area contributed by atoms with Crippen LogP contribution in [0.15, 0.2) is 45.7 Å². The summed E-state index contributed by atoms with van der Waals surface area (Å²) in [7, 11) is -3.87. The smallest absolute Gasteiger partial charge is 0.286 e. The van der Waals surface area contributed by atoms with Gasteiger partial charge in [0.1, 0.15) is 16.5 Å². The second-order valence-electron chi connectivity index (χ2n) is 7.21. The fourth-order valence-electron chi connectivity index (χ4n) is 3.74. The third kappa shape index (κ3) is 3.35. The number of hydrogen-bond donors (Lipinski definition) is 1. The number of rotatable bonds is 2. The fraction of sp³-hybridized carbons (Fsp3) is 0.250. The van der Waals surface area contributed by atoms with Gasteiger partial charge in [-0.15, -0.1) is 4.40 Å². The van der Waals surface area contributed by atoms with Crippen molar-refractivity contribution in [2.75, 3.05) is 16.8 Å². The lowest BCUT2D eigenvalue weighted by molar-refractivity contribution is 0.102. The van der Waals surface area contributed by atoms with Crippen LogP contribution in [0.4, 0.5) is 15.2 Å². The van der Waals surface area contributed by atoms with Crippen LogP contribution in [0.3, 0.4) is 0 Å². The van der Waals surface area contributed by atoms with Crippen LogP contribution >= 0.6 is 11.3 Å². The molecule has 2 aliphatic heterocycles. The van der Waals surface area contributed by atoms with Crippen LogP contribution in [0.1, 0.15) is 36.0 Å². The maximum Gasteiger partial charge on any atom is 0.286 e. The van der Waals surface area contributed by atoms with E-state index in [-0.39, 0.29) is 16.3 Å². The molecule has 7 nitrogen and oxygen atoms in total. The Hall–Kier alpha value is -2.85. The first-order valence-electron chi connectivity index (χ1n) is 9.54. The van der Waals surface area contributed by atoms with E-state index in [0.717, 1.165) is 30.6 Å². The van der Waals surface area contributed by atoms with Gasteiger partial charge in [-0.05, 0) is 49.2 Å². The van der Waals surface area contributed by atoms with Gasteiger partial charge in [-0.25, -0.2) is 9.37 Å². The van der Waals surface area contributed by atoms with Gasteiger partial charge in [0.2, 0.25) is 0 Å². The van der Waals surface area contributed by atoms with E-state index >= 15 is 0 Å². The van der Waals surface area contributed by atoms with Crippen molar-refractivity contribution in [3.63, 3.8) is 0 Å². The van der Waals surface area contributed by atoms with E-state index in [2.05, 4.69) is 14.7 Å². The zero-order chi connectivity index (χ0) is 20.9. The maximum absolute atomic E-state index is 13.4. The molecule has 0 saturated carbocycles. The average Bonchev–Trinajstić information content (AvgIpc) is 2.95. The third-order valence-corrected chi connectivity index (χ3v) is 7.45. The van der Waals surface area contributed by atoms with Crippen molar-refractivity contribution in [1.82, 2.24) is 4.98 Å². The third-order valence-electron chi connectivity index (χ3n) is 5.18. The molecular formula is C20H17FN4O3S2. The first-order valence-corrected chi connectivity index (χ1v) is 11.8. The number of carbonyl (C=O) groups is 1. The van der Waals surface area contributed by atoms with Crippen molar-refractivity contribution in [2.24, 2.45) is 4.40 Å². The topological polar surface area (TPSA) is 91.7 Å². The van der Waals surface area contributed by atoms with Crippen molar-refractivity contribution in [3.8, 4) is 0 Å². The van der Waals surface area contributed by atoms with E-state index in [4.69, 9.17) is 0 Å². The highest BCUT2D eigenvalue weighted by Gasteiger charge is 2.32. The number of thiazole rings is 1. The molecule has 1 N–H and O–H groups in total. The Kier molecular flexibility index (Phi) is 4.55. The van der Waals surface area contributed by atoms with Crippen LogP contribution in [-0.4, -0.2) is 31.7 Å². The number of sulfonamides is 1. The predicted octanol–water partition coefficient (Wildman–Crippen LogP) is 4.17. The molecule has 0 unspecified atom stereocenters. The minimum absolute atomic E-state index is 0.0344. The van der Waals surface area contributed by atoms with Crippen LogP contribution in [0.25, 0.3) is 10.2 Å². The molecule has 2 aliphatic rings. The molecule has 0 atom stereocenters. The maximum atomic E-state index is 13.4. The summed E-state index contributed by atoms with van der Waals surface area (Å²) in [5.41, 5.74) is 1.33. The first kappa shape index (κ1) is 19.1. The van der Waals surface area contributed by atoms with Crippen LogP contribution in [-0.2, 0) is 10.0 Å². The summed E-state index contributed by atoms with van der Waals surface area (Å²) in [6.45, 7) is 0.704. The highest BCUT2D eigenvalue weighted by atomic mass is 32.2. The summed E-state index contributed by atoms with van der Waals surface area (Å²) in [4.78, 5) is 19.0. The summed E-state index contributed by atoms with van der Waals surface area (Å²) < 4.78 is 43.4. The molecule has 0 aliphatic carbocycles. The van der Waals surface area contributed by atoms with E-state index in [1.807, 2.05) is 4.90 Å². The SMILES string of the molecule is O=C(Nc1nc2ccc(F)cc2s1)c1ccc2c(c1)S(=O)(=O)N=C1CCCCCN12. The van der Waals surface area contributed by atoms with Crippen molar-refractivity contribution in [2.45, 2.75) is 30.6 Å². The Morgan fingerprint density at radius 1 is 1.13 bits per heavy atom. The summed E-state index contributed by atoms with van der Waals surface area (Å²) in [5.74, 6) is -0.297. The molecule has 154 valence electrons. The van der Waals surface area contributed by atoms with E-state index in [1.165, 1.54) is 18.2 Å². The van der Waals surface area contributed by atoms with Crippen molar-refractivity contribution in [1.29, 1.82) is 0 Å². The Morgan fingerprint density at radius 2 is 2.00 bits per heavy atom. The molecule has 30 heavy (non-hydrogen) atoms. The summed E-state index contributed by atoms with van der Waals surface area (Å²) in [6, 6.07) is 8.82. The number of benzene rings is 2. The van der Waals surface area contributed by atoms with Gasteiger partial charge in [-0.3, -0.25) is 10.1 Å². The largest absolute Gasteiger partial charge is 0.328 e. The second-order valence-corrected chi connectivity index (χ2v) is 9.82. The number of nitrogens with one attached hydrogen (secondary N) is 1. The molecule has 1 aromatic heterocycles. The summed E-state index contributed by atoms with van der Waals surface area (Å²) in [6.07, 6.45) is 3.52. The second kappa shape index (κ2) is 7.13. The van der Waals surface area contributed by atoms with Gasteiger partial charge in [0.15, 0.2) is 5.13 Å². The molecule has 5 rings (SSSR count). The Bertz CT molecular complexity index is 1320. The molecule has 3 aromatic rings. The van der Waals surface area contributed by atoms with Gasteiger partial charge >= 0.3 is 0 Å². The molecular weight excluding hydrogens is 427 g/mol. The minimum atomic E-state index is -3.87. The van der Waals surface area contributed by atoms with Crippen molar-refractivity contribution >= 4 is 54.1 Å². The number of aromatic nitrogens is 1. The standard InChI is InChI=1S/C20H17FN4O3S2/c21-13-6-7-14-16(11-13)29-20(22-14)23-19(26)12-5-8-15-17(10-12)30(27,28)24-18-4-2-1-3-9-25(15)18/h5-8,10-11H,1-4,9H2,(H,22,23,26). The predicted molar refractivity (Wildman–Crippen MR) is 114 cm³/mol. The number of hydrogen-bond acceptors (Lipinski definition) is 6. The van der Waals surface area contributed by atoms with Gasteiger partial charge in [-0.2, -0.15) is 8.42 Å². The Morgan fingerprint density at radius 3 is 2.87 bits per heavy atom. The normalized spacial score (nSPS) is 17.6. The van der Waals surface area contributed by atoms with Gasteiger partial charge in [0.25, 0.3) is 15.9 Å². The zero-order valence-electron chi connectivity index (χ0n) is 15.8. The van der Waals surface area contributed by atoms with Gasteiger partial charge in [0, 0.05) is 18.5 Å². The van der Waals surface area contributed by atoms with Crippen molar-refractivity contribution < 1.29 is 17.6 Å². The molecule has 0 bridgehead atoms. The molecule has 0 spiro atoms. The molecule has 1 amide bonds. The lowest BCUT2D eigenvalue weighted by Gasteiger charge is -2.29. The quantitative estimate of drug-likeness (QED) is 0.641. The van der Waals surface area contributed by atoms with Crippen LogP contribution in [0.5, 0.6) is 0 Å². The van der Waals surface area contributed by atoms with Gasteiger partial charge in [-0.1, -0.05) is 17.8 Å². The lowest BCUT2D eigenvalue weighted by atomic mass is 10.1. The number of amidine groups is 1. The molecule has 10 heteroatoms. The minimum Gasteiger partial charge on any atom is -0.328 e. The summed E-state index contributed by atoms with van der Waals surface area (Å²) >= 11 is 1.15. The number of amides is 1. The van der Waals surface area contributed by atoms with E-state index in [0.29, 0.717) is 39.8 Å². The first-order chi connectivity index (χ1) is 14.4. The Balaban J connectivity index is 1.47. The number of nitrogens with zero attached hydrogens (tertiary/aromatic N) is 3. The number of halogens is 1. The summed E-state index contributed by atoms with van der Waals surface area (Å²) in [5, 5.41) is 2.98. The number of fused-ring (bicyclic) bond motifs is 4. The monoisotopic (exact) mass is 444 g/mol. The molecule has 0 radical (unpaired) electrons. The lowest BCUT2D eigenvalue weighted by Crippen LogP contribution is -2.35. The molecule has 2 aromatic carbocycles. The van der Waals surface area contributed by atoms with Crippen LogP contribution in [0.2, 0.25) is 0 Å². The van der Waals surface area contributed by atoms with E-state index in [9.17, 15) is 17.6 Å².